The van der Waals surface area contributed by atoms with Gasteiger partial charge in [-0.2, -0.15) is 0 Å². The lowest BCUT2D eigenvalue weighted by molar-refractivity contribution is 0.0597. The Bertz CT molecular complexity index is 578. The quantitative estimate of drug-likeness (QED) is 0.621. The molecule has 0 aromatic heterocycles. The maximum Gasteiger partial charge on any atom is 0.341 e. The number of rotatable bonds is 2. The summed E-state index contributed by atoms with van der Waals surface area (Å²) in [5.74, 6) is 0.179. The lowest BCUT2D eigenvalue weighted by Gasteiger charge is -2.11. The second-order valence-electron chi connectivity index (χ2n) is 3.48. The van der Waals surface area contributed by atoms with Crippen LogP contribution in [0.5, 0.6) is 5.75 Å². The predicted molar refractivity (Wildman–Crippen MR) is 74.6 cm³/mol. The van der Waals surface area contributed by atoms with Crippen LogP contribution in [0.2, 0.25) is 0 Å². The molecule has 0 aliphatic heterocycles. The first-order valence-electron chi connectivity index (χ1n) is 5.02. The van der Waals surface area contributed by atoms with Gasteiger partial charge in [-0.3, -0.25) is 0 Å². The molecule has 2 aromatic rings. The minimum Gasteiger partial charge on any atom is -0.495 e. The first-order chi connectivity index (χ1) is 8.19. The van der Waals surface area contributed by atoms with Crippen molar-refractivity contribution >= 4 is 39.3 Å². The van der Waals surface area contributed by atoms with E-state index in [1.807, 2.05) is 24.3 Å². The van der Waals surface area contributed by atoms with E-state index in [-0.39, 0.29) is 5.97 Å². The fourth-order valence-electron chi connectivity index (χ4n) is 1.79. The maximum atomic E-state index is 11.7. The normalized spacial score (nSPS) is 10.3. The number of hydrogen-bond acceptors (Lipinski definition) is 3. The van der Waals surface area contributed by atoms with Crippen LogP contribution < -0.4 is 4.74 Å². The number of benzene rings is 2. The lowest BCUT2D eigenvalue weighted by atomic mass is 10.1. The summed E-state index contributed by atoms with van der Waals surface area (Å²) in [6.45, 7) is 0. The van der Waals surface area contributed by atoms with Crippen molar-refractivity contribution in [3.63, 3.8) is 0 Å². The summed E-state index contributed by atoms with van der Waals surface area (Å²) in [7, 11) is 2.92. The van der Waals surface area contributed by atoms with Gasteiger partial charge in [-0.1, -0.05) is 24.3 Å². The van der Waals surface area contributed by atoms with Gasteiger partial charge in [0.05, 0.1) is 14.2 Å². The van der Waals surface area contributed by atoms with Crippen molar-refractivity contribution in [2.24, 2.45) is 0 Å². The number of fused-ring (bicyclic) bond motifs is 1. The molecule has 0 saturated heterocycles. The molecule has 0 aliphatic rings. The zero-order chi connectivity index (χ0) is 12.4. The largest absolute Gasteiger partial charge is 0.495 e. The molecule has 0 heterocycles. The van der Waals surface area contributed by atoms with Crippen molar-refractivity contribution in [3.8, 4) is 5.75 Å². The SMILES string of the molecule is COC(=O)c1cc(I)c2ccccc2c1OC. The summed E-state index contributed by atoms with van der Waals surface area (Å²) in [5, 5.41) is 1.99. The molecule has 4 heteroatoms. The van der Waals surface area contributed by atoms with Gasteiger partial charge in [0.1, 0.15) is 11.3 Å². The molecule has 0 unspecified atom stereocenters. The molecule has 2 rings (SSSR count). The van der Waals surface area contributed by atoms with E-state index in [1.54, 1.807) is 13.2 Å². The van der Waals surface area contributed by atoms with E-state index in [4.69, 9.17) is 9.47 Å². The summed E-state index contributed by atoms with van der Waals surface area (Å²) in [4.78, 5) is 11.7. The first-order valence-corrected chi connectivity index (χ1v) is 6.10. The molecular formula is C13H11IO3. The standard InChI is InChI=1S/C13H11IO3/c1-16-12-9-6-4-3-5-8(9)11(14)7-10(12)13(15)17-2/h3-7H,1-2H3. The van der Waals surface area contributed by atoms with E-state index in [2.05, 4.69) is 22.6 Å². The van der Waals surface area contributed by atoms with Crippen molar-refractivity contribution in [3.05, 3.63) is 39.5 Å². The topological polar surface area (TPSA) is 35.5 Å². The lowest BCUT2D eigenvalue weighted by Crippen LogP contribution is -2.05. The molecule has 0 saturated carbocycles. The average Bonchev–Trinajstić information content (AvgIpc) is 2.38. The van der Waals surface area contributed by atoms with Gasteiger partial charge in [0, 0.05) is 8.96 Å². The van der Waals surface area contributed by atoms with Gasteiger partial charge >= 0.3 is 5.97 Å². The van der Waals surface area contributed by atoms with Crippen LogP contribution in [0.3, 0.4) is 0 Å². The van der Waals surface area contributed by atoms with E-state index >= 15 is 0 Å². The number of esters is 1. The number of carbonyl (C=O) groups is 1. The van der Waals surface area contributed by atoms with Crippen LogP contribution in [0.15, 0.2) is 30.3 Å². The van der Waals surface area contributed by atoms with Gasteiger partial charge in [-0.05, 0) is 34.0 Å². The van der Waals surface area contributed by atoms with Crippen molar-refractivity contribution in [2.45, 2.75) is 0 Å². The number of halogens is 1. The molecule has 0 atom stereocenters. The van der Waals surface area contributed by atoms with Gasteiger partial charge < -0.3 is 9.47 Å². The Morgan fingerprint density at radius 1 is 1.18 bits per heavy atom. The van der Waals surface area contributed by atoms with Crippen LogP contribution in [0, 0.1) is 3.57 Å². The Kier molecular flexibility index (Phi) is 3.51. The van der Waals surface area contributed by atoms with Gasteiger partial charge in [0.15, 0.2) is 0 Å². The summed E-state index contributed by atoms with van der Waals surface area (Å²) < 4.78 is 11.1. The zero-order valence-electron chi connectivity index (χ0n) is 9.49. The molecule has 0 fully saturated rings. The molecule has 3 nitrogen and oxygen atoms in total. The molecule has 17 heavy (non-hydrogen) atoms. The van der Waals surface area contributed by atoms with Crippen LogP contribution >= 0.6 is 22.6 Å². The summed E-state index contributed by atoms with van der Waals surface area (Å²) in [5.41, 5.74) is 0.457. The molecule has 0 radical (unpaired) electrons. The monoisotopic (exact) mass is 342 g/mol. The fourth-order valence-corrected chi connectivity index (χ4v) is 2.57. The Labute approximate surface area is 113 Å². The van der Waals surface area contributed by atoms with Crippen LogP contribution in [0.4, 0.5) is 0 Å². The maximum absolute atomic E-state index is 11.7. The third-order valence-corrected chi connectivity index (χ3v) is 3.45. The van der Waals surface area contributed by atoms with Gasteiger partial charge in [-0.15, -0.1) is 0 Å². The van der Waals surface area contributed by atoms with Gasteiger partial charge in [0.2, 0.25) is 0 Å². The Morgan fingerprint density at radius 2 is 1.82 bits per heavy atom. The van der Waals surface area contributed by atoms with Crippen LogP contribution in [0.1, 0.15) is 10.4 Å². The summed E-state index contributed by atoms with van der Waals surface area (Å²) in [6, 6.07) is 9.60. The molecular weight excluding hydrogens is 331 g/mol. The van der Waals surface area contributed by atoms with E-state index in [0.29, 0.717) is 11.3 Å². The summed E-state index contributed by atoms with van der Waals surface area (Å²) in [6.07, 6.45) is 0. The smallest absolute Gasteiger partial charge is 0.341 e. The minimum atomic E-state index is -0.384. The van der Waals surface area contributed by atoms with Crippen molar-refractivity contribution in [2.75, 3.05) is 14.2 Å². The van der Waals surface area contributed by atoms with Crippen LogP contribution in [-0.4, -0.2) is 20.2 Å². The van der Waals surface area contributed by atoms with Crippen molar-refractivity contribution < 1.29 is 14.3 Å². The minimum absolute atomic E-state index is 0.384. The Morgan fingerprint density at radius 3 is 2.41 bits per heavy atom. The van der Waals surface area contributed by atoms with E-state index < -0.39 is 0 Å². The Balaban J connectivity index is 2.82. The molecule has 0 amide bonds. The first kappa shape index (κ1) is 12.2. The highest BCUT2D eigenvalue weighted by atomic mass is 127. The van der Waals surface area contributed by atoms with Gasteiger partial charge in [0.25, 0.3) is 0 Å². The second kappa shape index (κ2) is 4.91. The second-order valence-corrected chi connectivity index (χ2v) is 4.64. The molecule has 0 N–H and O–H groups in total. The number of carbonyl (C=O) groups excluding carboxylic acids is 1. The zero-order valence-corrected chi connectivity index (χ0v) is 11.6. The number of ether oxygens (including phenoxy) is 2. The molecule has 2 aromatic carbocycles. The van der Waals surface area contributed by atoms with Crippen molar-refractivity contribution in [1.82, 2.24) is 0 Å². The highest BCUT2D eigenvalue weighted by Gasteiger charge is 2.17. The highest BCUT2D eigenvalue weighted by Crippen LogP contribution is 2.33. The van der Waals surface area contributed by atoms with E-state index in [1.165, 1.54) is 7.11 Å². The fraction of sp³-hybridized carbons (Fsp3) is 0.154. The Hall–Kier alpha value is -1.30. The predicted octanol–water partition coefficient (Wildman–Crippen LogP) is 3.24. The number of hydrogen-bond donors (Lipinski definition) is 0. The van der Waals surface area contributed by atoms with Crippen molar-refractivity contribution in [1.29, 1.82) is 0 Å². The molecule has 0 aliphatic carbocycles. The van der Waals surface area contributed by atoms with Crippen LogP contribution in [0.25, 0.3) is 10.8 Å². The molecule has 88 valence electrons. The third-order valence-electron chi connectivity index (χ3n) is 2.55. The van der Waals surface area contributed by atoms with Crippen LogP contribution in [-0.2, 0) is 4.74 Å². The summed E-state index contributed by atoms with van der Waals surface area (Å²) >= 11 is 2.20. The number of methoxy groups -OCH3 is 2. The van der Waals surface area contributed by atoms with E-state index in [9.17, 15) is 4.79 Å². The highest BCUT2D eigenvalue weighted by molar-refractivity contribution is 14.1. The third kappa shape index (κ3) is 2.09. The molecule has 0 spiro atoms. The average molecular weight is 342 g/mol. The van der Waals surface area contributed by atoms with Gasteiger partial charge in [-0.25, -0.2) is 4.79 Å². The molecule has 0 bridgehead atoms. The van der Waals surface area contributed by atoms with E-state index in [0.717, 1.165) is 14.3 Å².